The van der Waals surface area contributed by atoms with E-state index in [1.165, 1.54) is 0 Å². The molecule has 1 aromatic rings. The molecule has 0 saturated heterocycles. The SMILES string of the molecule is CC(=O)N1CCCc2cc(NC(=O)C3CCC(C(=O)O)CC3)ccc21. The third-order valence-electron chi connectivity index (χ3n) is 5.29. The maximum absolute atomic E-state index is 12.5. The average Bonchev–Trinajstić information content (AvgIpc) is 2.61. The van der Waals surface area contributed by atoms with Crippen LogP contribution in [0, 0.1) is 11.8 Å². The molecule has 0 unspecified atom stereocenters. The summed E-state index contributed by atoms with van der Waals surface area (Å²) in [6, 6.07) is 5.68. The zero-order valence-electron chi connectivity index (χ0n) is 14.5. The summed E-state index contributed by atoms with van der Waals surface area (Å²) in [4.78, 5) is 37.0. The highest BCUT2D eigenvalue weighted by molar-refractivity contribution is 5.95. The number of aliphatic carboxylic acids is 1. The van der Waals surface area contributed by atoms with Crippen LogP contribution in [0.25, 0.3) is 0 Å². The fourth-order valence-electron chi connectivity index (χ4n) is 3.85. The molecule has 1 aromatic carbocycles. The molecule has 6 heteroatoms. The van der Waals surface area contributed by atoms with Gasteiger partial charge in [0, 0.05) is 30.8 Å². The normalized spacial score (nSPS) is 22.8. The van der Waals surface area contributed by atoms with Gasteiger partial charge < -0.3 is 15.3 Å². The van der Waals surface area contributed by atoms with E-state index < -0.39 is 5.97 Å². The second kappa shape index (κ2) is 7.25. The van der Waals surface area contributed by atoms with Gasteiger partial charge >= 0.3 is 5.97 Å². The minimum atomic E-state index is -0.761. The summed E-state index contributed by atoms with van der Waals surface area (Å²) in [6.07, 6.45) is 4.17. The van der Waals surface area contributed by atoms with E-state index in [-0.39, 0.29) is 23.7 Å². The number of hydrogen-bond donors (Lipinski definition) is 2. The highest BCUT2D eigenvalue weighted by Crippen LogP contribution is 2.32. The van der Waals surface area contributed by atoms with Crippen molar-refractivity contribution < 1.29 is 19.5 Å². The van der Waals surface area contributed by atoms with Gasteiger partial charge in [-0.05, 0) is 62.3 Å². The van der Waals surface area contributed by atoms with E-state index >= 15 is 0 Å². The number of carbonyl (C=O) groups is 3. The van der Waals surface area contributed by atoms with Crippen LogP contribution in [0.4, 0.5) is 11.4 Å². The first kappa shape index (κ1) is 17.5. The van der Waals surface area contributed by atoms with Crippen LogP contribution >= 0.6 is 0 Å². The molecule has 1 heterocycles. The Morgan fingerprint density at radius 2 is 1.80 bits per heavy atom. The number of nitrogens with one attached hydrogen (secondary N) is 1. The second-order valence-electron chi connectivity index (χ2n) is 6.99. The first-order chi connectivity index (χ1) is 12.0. The molecule has 1 aliphatic heterocycles. The predicted octanol–water partition coefficient (Wildman–Crippen LogP) is 2.82. The van der Waals surface area contributed by atoms with Gasteiger partial charge in [0.15, 0.2) is 0 Å². The highest BCUT2D eigenvalue weighted by atomic mass is 16.4. The number of aryl methyl sites for hydroxylation is 1. The Kier molecular flexibility index (Phi) is 5.06. The second-order valence-corrected chi connectivity index (χ2v) is 6.99. The number of carbonyl (C=O) groups excluding carboxylic acids is 2. The van der Waals surface area contributed by atoms with Gasteiger partial charge in [-0.25, -0.2) is 0 Å². The van der Waals surface area contributed by atoms with Crippen LogP contribution in [-0.4, -0.2) is 29.4 Å². The summed E-state index contributed by atoms with van der Waals surface area (Å²) >= 11 is 0. The molecule has 134 valence electrons. The molecule has 6 nitrogen and oxygen atoms in total. The van der Waals surface area contributed by atoms with Crippen LogP contribution in [0.1, 0.15) is 44.6 Å². The Bertz CT molecular complexity index is 693. The summed E-state index contributed by atoms with van der Waals surface area (Å²) in [5, 5.41) is 12.0. The van der Waals surface area contributed by atoms with Crippen LogP contribution in [0.3, 0.4) is 0 Å². The monoisotopic (exact) mass is 344 g/mol. The molecule has 0 atom stereocenters. The minimum absolute atomic E-state index is 0.0351. The Morgan fingerprint density at radius 3 is 2.44 bits per heavy atom. The van der Waals surface area contributed by atoms with E-state index in [4.69, 9.17) is 5.11 Å². The van der Waals surface area contributed by atoms with Gasteiger partial charge in [0.2, 0.25) is 11.8 Å². The topological polar surface area (TPSA) is 86.7 Å². The van der Waals surface area contributed by atoms with E-state index in [9.17, 15) is 14.4 Å². The molecule has 0 radical (unpaired) electrons. The number of carboxylic acids is 1. The van der Waals surface area contributed by atoms with Gasteiger partial charge in [0.1, 0.15) is 0 Å². The number of hydrogen-bond acceptors (Lipinski definition) is 3. The third kappa shape index (κ3) is 3.83. The molecule has 25 heavy (non-hydrogen) atoms. The van der Waals surface area contributed by atoms with Crippen LogP contribution in [0.15, 0.2) is 18.2 Å². The molecule has 1 aliphatic carbocycles. The lowest BCUT2D eigenvalue weighted by molar-refractivity contribution is -0.143. The maximum Gasteiger partial charge on any atom is 0.306 e. The number of rotatable bonds is 3. The summed E-state index contributed by atoms with van der Waals surface area (Å²) in [7, 11) is 0. The van der Waals surface area contributed by atoms with Crippen molar-refractivity contribution in [3.05, 3.63) is 23.8 Å². The number of nitrogens with zero attached hydrogens (tertiary/aromatic N) is 1. The molecule has 0 bridgehead atoms. The minimum Gasteiger partial charge on any atom is -0.481 e. The molecular weight excluding hydrogens is 320 g/mol. The molecule has 2 N–H and O–H groups in total. The fourth-order valence-corrected chi connectivity index (χ4v) is 3.85. The molecule has 2 aliphatic rings. The maximum atomic E-state index is 12.5. The van der Waals surface area contributed by atoms with Gasteiger partial charge in [-0.3, -0.25) is 14.4 Å². The molecule has 3 rings (SSSR count). The Labute approximate surface area is 147 Å². The van der Waals surface area contributed by atoms with Crippen LogP contribution < -0.4 is 10.2 Å². The van der Waals surface area contributed by atoms with Crippen molar-refractivity contribution in [2.45, 2.75) is 45.4 Å². The number of benzene rings is 1. The van der Waals surface area contributed by atoms with E-state index in [1.807, 2.05) is 18.2 Å². The quantitative estimate of drug-likeness (QED) is 0.883. The van der Waals surface area contributed by atoms with Gasteiger partial charge in [-0.1, -0.05) is 0 Å². The Hall–Kier alpha value is -2.37. The van der Waals surface area contributed by atoms with Crippen molar-refractivity contribution >= 4 is 29.2 Å². The van der Waals surface area contributed by atoms with E-state index in [0.29, 0.717) is 25.7 Å². The van der Waals surface area contributed by atoms with Crippen molar-refractivity contribution in [1.29, 1.82) is 0 Å². The average molecular weight is 344 g/mol. The molecule has 0 spiro atoms. The number of carboxylic acid groups (broad SMARTS) is 1. The van der Waals surface area contributed by atoms with Crippen molar-refractivity contribution in [2.24, 2.45) is 11.8 Å². The first-order valence-electron chi connectivity index (χ1n) is 8.90. The smallest absolute Gasteiger partial charge is 0.306 e. The number of anilines is 2. The summed E-state index contributed by atoms with van der Waals surface area (Å²) in [5.74, 6) is -1.20. The zero-order valence-corrected chi connectivity index (χ0v) is 14.5. The summed E-state index contributed by atoms with van der Waals surface area (Å²) in [6.45, 7) is 2.30. The Balaban J connectivity index is 1.65. The molecule has 2 amide bonds. The molecule has 0 aromatic heterocycles. The Morgan fingerprint density at radius 1 is 1.12 bits per heavy atom. The summed E-state index contributed by atoms with van der Waals surface area (Å²) in [5.41, 5.74) is 2.75. The zero-order chi connectivity index (χ0) is 18.0. The van der Waals surface area contributed by atoms with E-state index in [1.54, 1.807) is 11.8 Å². The predicted molar refractivity (Wildman–Crippen MR) is 94.5 cm³/mol. The number of amides is 2. The summed E-state index contributed by atoms with van der Waals surface area (Å²) < 4.78 is 0. The van der Waals surface area contributed by atoms with Gasteiger partial charge in [0.05, 0.1) is 5.92 Å². The van der Waals surface area contributed by atoms with Crippen molar-refractivity contribution in [1.82, 2.24) is 0 Å². The van der Waals surface area contributed by atoms with Gasteiger partial charge in [-0.2, -0.15) is 0 Å². The largest absolute Gasteiger partial charge is 0.481 e. The third-order valence-corrected chi connectivity index (χ3v) is 5.29. The van der Waals surface area contributed by atoms with E-state index in [0.717, 1.165) is 36.3 Å². The van der Waals surface area contributed by atoms with Gasteiger partial charge in [-0.15, -0.1) is 0 Å². The highest BCUT2D eigenvalue weighted by Gasteiger charge is 2.30. The lowest BCUT2D eigenvalue weighted by Crippen LogP contribution is -2.33. The van der Waals surface area contributed by atoms with Crippen LogP contribution in [0.2, 0.25) is 0 Å². The molecule has 1 fully saturated rings. The first-order valence-corrected chi connectivity index (χ1v) is 8.90. The van der Waals surface area contributed by atoms with Crippen molar-refractivity contribution in [3.8, 4) is 0 Å². The molecular formula is C19H24N2O4. The van der Waals surface area contributed by atoms with Crippen molar-refractivity contribution in [2.75, 3.05) is 16.8 Å². The lowest BCUT2D eigenvalue weighted by Gasteiger charge is -2.29. The standard InChI is InChI=1S/C19H24N2O4/c1-12(22)21-10-2-3-15-11-16(8-9-17(15)21)20-18(23)13-4-6-14(7-5-13)19(24)25/h8-9,11,13-14H,2-7,10H2,1H3,(H,20,23)(H,24,25). The fraction of sp³-hybridized carbons (Fsp3) is 0.526. The lowest BCUT2D eigenvalue weighted by atomic mass is 9.81. The van der Waals surface area contributed by atoms with Crippen molar-refractivity contribution in [3.63, 3.8) is 0 Å². The van der Waals surface area contributed by atoms with Gasteiger partial charge in [0.25, 0.3) is 0 Å². The van der Waals surface area contributed by atoms with E-state index in [2.05, 4.69) is 5.32 Å². The van der Waals surface area contributed by atoms with Crippen LogP contribution in [-0.2, 0) is 20.8 Å². The van der Waals surface area contributed by atoms with Crippen LogP contribution in [0.5, 0.6) is 0 Å². The molecule has 1 saturated carbocycles. The number of fused-ring (bicyclic) bond motifs is 1.